The molecule has 0 saturated carbocycles. The first-order chi connectivity index (χ1) is 13.6. The fourth-order valence-corrected chi connectivity index (χ4v) is 2.18. The number of aryl methyl sites for hydroxylation is 2. The minimum Gasteiger partial charge on any atom is -0.726 e. The molecule has 0 unspecified atom stereocenters. The Morgan fingerprint density at radius 1 is 1.31 bits per heavy atom. The van der Waals surface area contributed by atoms with Gasteiger partial charge in [-0.15, -0.1) is 0 Å². The number of carbonyl (C=O) groups excluding carboxylic acids is 1. The highest BCUT2D eigenvalue weighted by atomic mass is 32.3. The zero-order chi connectivity index (χ0) is 22.0. The Bertz CT molecular complexity index is 895. The van der Waals surface area contributed by atoms with Crippen LogP contribution in [0.3, 0.4) is 0 Å². The number of anilines is 4. The molecular formula is C16H27N7O5S. The summed E-state index contributed by atoms with van der Waals surface area (Å²) in [6.07, 6.45) is 3.90. The molecule has 0 aliphatic rings. The van der Waals surface area contributed by atoms with E-state index in [2.05, 4.69) is 25.7 Å². The maximum atomic E-state index is 11.2. The average molecular weight is 430 g/mol. The highest BCUT2D eigenvalue weighted by molar-refractivity contribution is 7.80. The number of hydrogen-bond donors (Lipinski definition) is 5. The van der Waals surface area contributed by atoms with Crippen LogP contribution in [0.1, 0.15) is 6.92 Å². The summed E-state index contributed by atoms with van der Waals surface area (Å²) in [4.78, 5) is 11.2. The monoisotopic (exact) mass is 429 g/mol. The first kappa shape index (κ1) is 24.2. The minimum absolute atomic E-state index is 0.111. The predicted molar refractivity (Wildman–Crippen MR) is 109 cm³/mol. The number of nitrogens with two attached hydrogens (primary N) is 1. The van der Waals surface area contributed by atoms with Crippen molar-refractivity contribution in [3.8, 4) is 0 Å². The summed E-state index contributed by atoms with van der Waals surface area (Å²) in [5.41, 5.74) is 14.3. The van der Waals surface area contributed by atoms with Crippen LogP contribution in [0.2, 0.25) is 0 Å². The van der Waals surface area contributed by atoms with Crippen molar-refractivity contribution in [3.05, 3.63) is 30.6 Å². The fourth-order valence-electron chi connectivity index (χ4n) is 2.18. The van der Waals surface area contributed by atoms with Crippen LogP contribution in [0, 0.1) is 0 Å². The third-order valence-electron chi connectivity index (χ3n) is 3.49. The molecule has 0 aliphatic carbocycles. The van der Waals surface area contributed by atoms with Crippen molar-refractivity contribution in [2.75, 3.05) is 41.7 Å². The van der Waals surface area contributed by atoms with Crippen molar-refractivity contribution in [1.29, 1.82) is 0 Å². The van der Waals surface area contributed by atoms with E-state index in [0.717, 1.165) is 30.1 Å². The Hall–Kier alpha value is -2.87. The number of nitrogens with zero attached hydrogens (tertiary/aromatic N) is 2. The minimum atomic E-state index is -4.41. The van der Waals surface area contributed by atoms with Gasteiger partial charge in [-0.1, -0.05) is 0 Å². The standard InChI is InChI=1S/C15H23N7O.CH4O4S/c1-11(23)18-12-4-5-13(17-7-6-16)14(10-12)19-20-15-21(2)8-9-22(15)3;1-5-6(2,3)4/h4-5,8-10,17,19H,6-7,16H2,1-3H3,(H,18,23);1H3,(H,2,3,4). The molecule has 6 N–H and O–H groups in total. The van der Waals surface area contributed by atoms with Crippen molar-refractivity contribution < 1.29 is 26.5 Å². The molecule has 0 aliphatic heterocycles. The molecule has 1 aromatic heterocycles. The molecule has 2 aromatic rings. The molecule has 0 atom stereocenters. The molecule has 0 radical (unpaired) electrons. The fraction of sp³-hybridized carbons (Fsp3) is 0.375. The van der Waals surface area contributed by atoms with Crippen LogP contribution >= 0.6 is 0 Å². The summed E-state index contributed by atoms with van der Waals surface area (Å²) in [5, 5.41) is 6.02. The van der Waals surface area contributed by atoms with Gasteiger partial charge in [0, 0.05) is 25.7 Å². The summed E-state index contributed by atoms with van der Waals surface area (Å²) in [6.45, 7) is 2.68. The normalized spacial score (nSPS) is 10.6. The molecule has 2 rings (SSSR count). The first-order valence-corrected chi connectivity index (χ1v) is 9.80. The quantitative estimate of drug-likeness (QED) is 0.164. The Kier molecular flexibility index (Phi) is 9.34. The van der Waals surface area contributed by atoms with Crippen LogP contribution < -0.4 is 31.8 Å². The second kappa shape index (κ2) is 11.2. The van der Waals surface area contributed by atoms with Crippen molar-refractivity contribution in [2.24, 2.45) is 19.8 Å². The van der Waals surface area contributed by atoms with E-state index >= 15 is 0 Å². The van der Waals surface area contributed by atoms with Gasteiger partial charge in [-0.3, -0.25) is 8.98 Å². The highest BCUT2D eigenvalue weighted by Gasteiger charge is 2.12. The second-order valence-corrected chi connectivity index (χ2v) is 6.98. The van der Waals surface area contributed by atoms with E-state index in [4.69, 9.17) is 5.73 Å². The van der Waals surface area contributed by atoms with Crippen molar-refractivity contribution >= 4 is 39.3 Å². The Labute approximate surface area is 170 Å². The lowest BCUT2D eigenvalue weighted by molar-refractivity contribution is -0.656. The predicted octanol–water partition coefficient (Wildman–Crippen LogP) is -0.289. The molecule has 0 fully saturated rings. The molecule has 13 heteroatoms. The largest absolute Gasteiger partial charge is 0.726 e. The lowest BCUT2D eigenvalue weighted by atomic mass is 10.2. The number of carbonyl (C=O) groups is 1. The molecule has 1 amide bonds. The first-order valence-electron chi connectivity index (χ1n) is 8.47. The maximum absolute atomic E-state index is 11.2. The third-order valence-corrected chi connectivity index (χ3v) is 3.90. The Balaban J connectivity index is 0.000000612. The Morgan fingerprint density at radius 2 is 1.97 bits per heavy atom. The van der Waals surface area contributed by atoms with Crippen LogP contribution in [0.5, 0.6) is 0 Å². The van der Waals surface area contributed by atoms with Gasteiger partial charge >= 0.3 is 5.95 Å². The van der Waals surface area contributed by atoms with Gasteiger partial charge in [0.05, 0.1) is 45.0 Å². The van der Waals surface area contributed by atoms with E-state index in [0.29, 0.717) is 13.1 Å². The number of imidazole rings is 1. The van der Waals surface area contributed by atoms with E-state index in [1.54, 1.807) is 0 Å². The summed E-state index contributed by atoms with van der Waals surface area (Å²) in [7, 11) is 0.295. The number of benzene rings is 1. The highest BCUT2D eigenvalue weighted by Crippen LogP contribution is 2.25. The number of hydrogen-bond acceptors (Lipinski definition) is 9. The van der Waals surface area contributed by atoms with Gasteiger partial charge in [0.1, 0.15) is 0 Å². The van der Waals surface area contributed by atoms with Gasteiger partial charge in [-0.25, -0.2) is 23.0 Å². The number of aromatic nitrogens is 2. The molecule has 12 nitrogen and oxygen atoms in total. The zero-order valence-electron chi connectivity index (χ0n) is 16.7. The van der Waals surface area contributed by atoms with E-state index in [1.807, 2.05) is 53.8 Å². The number of nitrogens with one attached hydrogen (secondary N) is 4. The molecular weight excluding hydrogens is 402 g/mol. The van der Waals surface area contributed by atoms with Crippen molar-refractivity contribution in [3.63, 3.8) is 0 Å². The van der Waals surface area contributed by atoms with E-state index < -0.39 is 10.4 Å². The van der Waals surface area contributed by atoms with Crippen LogP contribution in [0.15, 0.2) is 30.6 Å². The van der Waals surface area contributed by atoms with Crippen LogP contribution in [0.25, 0.3) is 0 Å². The van der Waals surface area contributed by atoms with Gasteiger partial charge in [0.15, 0.2) is 0 Å². The van der Waals surface area contributed by atoms with Crippen LogP contribution in [-0.4, -0.2) is 43.6 Å². The van der Waals surface area contributed by atoms with Gasteiger partial charge in [-0.05, 0) is 18.2 Å². The lowest BCUT2D eigenvalue weighted by Crippen LogP contribution is -2.32. The summed E-state index contributed by atoms with van der Waals surface area (Å²) < 4.78 is 34.9. The topological polar surface area (TPSA) is 166 Å². The van der Waals surface area contributed by atoms with E-state index in [-0.39, 0.29) is 5.91 Å². The van der Waals surface area contributed by atoms with E-state index in [1.165, 1.54) is 6.92 Å². The summed E-state index contributed by atoms with van der Waals surface area (Å²) in [5.74, 6) is 0.778. The second-order valence-electron chi connectivity index (χ2n) is 5.83. The third kappa shape index (κ3) is 8.78. The molecule has 0 bridgehead atoms. The Morgan fingerprint density at radius 3 is 2.45 bits per heavy atom. The van der Waals surface area contributed by atoms with Crippen LogP contribution in [0.4, 0.5) is 23.0 Å². The van der Waals surface area contributed by atoms with Crippen molar-refractivity contribution in [1.82, 2.24) is 4.57 Å². The van der Waals surface area contributed by atoms with Gasteiger partial charge in [-0.2, -0.15) is 5.43 Å². The number of hydrazine groups is 1. The van der Waals surface area contributed by atoms with Crippen LogP contribution in [-0.2, 0) is 33.5 Å². The number of rotatable bonds is 8. The van der Waals surface area contributed by atoms with Gasteiger partial charge in [0.2, 0.25) is 16.3 Å². The molecule has 0 saturated heterocycles. The molecule has 0 spiro atoms. The van der Waals surface area contributed by atoms with E-state index in [9.17, 15) is 17.8 Å². The molecule has 29 heavy (non-hydrogen) atoms. The summed E-state index contributed by atoms with van der Waals surface area (Å²) >= 11 is 0. The SMILES string of the molecule is CC(=O)Nc1ccc(NCCN)c(NNc2n(C)cc[n+]2C)c1.COS(=O)(=O)[O-]. The van der Waals surface area contributed by atoms with Gasteiger partial charge < -0.3 is 20.9 Å². The zero-order valence-corrected chi connectivity index (χ0v) is 17.5. The number of amides is 1. The molecule has 1 heterocycles. The van der Waals surface area contributed by atoms with Gasteiger partial charge in [0.25, 0.3) is 0 Å². The summed E-state index contributed by atoms with van der Waals surface area (Å²) in [6, 6.07) is 5.60. The smallest absolute Gasteiger partial charge is 0.378 e. The van der Waals surface area contributed by atoms with Crippen molar-refractivity contribution in [2.45, 2.75) is 6.92 Å². The molecule has 162 valence electrons. The molecule has 1 aromatic carbocycles. The lowest BCUT2D eigenvalue weighted by Gasteiger charge is -2.14. The maximum Gasteiger partial charge on any atom is 0.378 e. The average Bonchev–Trinajstić information content (AvgIpc) is 2.96.